The number of benzene rings is 1. The fourth-order valence-corrected chi connectivity index (χ4v) is 6.58. The molecule has 9 nitrogen and oxygen atoms in total. The van der Waals surface area contributed by atoms with Crippen molar-refractivity contribution in [1.29, 1.82) is 0 Å². The van der Waals surface area contributed by atoms with Gasteiger partial charge in [-0.2, -0.15) is 0 Å². The number of hydrogen-bond donors (Lipinski definition) is 1. The lowest BCUT2D eigenvalue weighted by atomic mass is 9.70. The van der Waals surface area contributed by atoms with Crippen LogP contribution in [0, 0.1) is 11.8 Å². The number of likely N-dealkylation sites (tertiary alicyclic amines) is 1. The second-order valence-corrected chi connectivity index (χ2v) is 10.3. The van der Waals surface area contributed by atoms with E-state index in [1.54, 1.807) is 17.1 Å². The van der Waals surface area contributed by atoms with E-state index < -0.39 is 35.6 Å². The number of aliphatic hydroxyl groups excluding tert-OH is 1. The van der Waals surface area contributed by atoms with E-state index in [2.05, 4.69) is 31.9 Å². The molecule has 39 heavy (non-hydrogen) atoms. The number of unbranched alkanes of at least 4 members (excludes halogenated alkanes) is 1. The normalized spacial score (nSPS) is 26.8. The van der Waals surface area contributed by atoms with Gasteiger partial charge in [0.1, 0.15) is 11.6 Å². The molecule has 1 aromatic carbocycles. The predicted molar refractivity (Wildman–Crippen MR) is 149 cm³/mol. The van der Waals surface area contributed by atoms with Crippen LogP contribution < -0.4 is 9.80 Å². The van der Waals surface area contributed by atoms with Crippen LogP contribution in [-0.2, 0) is 23.9 Å². The van der Waals surface area contributed by atoms with Crippen molar-refractivity contribution in [3.05, 3.63) is 49.6 Å². The van der Waals surface area contributed by atoms with Crippen LogP contribution in [0.25, 0.3) is 0 Å². The van der Waals surface area contributed by atoms with Gasteiger partial charge in [0.05, 0.1) is 31.2 Å². The largest absolute Gasteiger partial charge is 0.465 e. The summed E-state index contributed by atoms with van der Waals surface area (Å²) in [6.07, 6.45) is 5.35. The molecule has 3 aliphatic heterocycles. The molecule has 2 unspecified atom stereocenters. The van der Waals surface area contributed by atoms with E-state index in [4.69, 9.17) is 9.47 Å². The highest BCUT2D eigenvalue weighted by molar-refractivity contribution is 6.04. The van der Waals surface area contributed by atoms with Crippen LogP contribution in [0.15, 0.2) is 49.6 Å². The summed E-state index contributed by atoms with van der Waals surface area (Å²) in [4.78, 5) is 46.5. The number of carbonyl (C=O) groups is 3. The molecular formula is C30H41N3O6. The Bertz CT molecular complexity index is 1070. The lowest BCUT2D eigenvalue weighted by Crippen LogP contribution is -2.56. The van der Waals surface area contributed by atoms with E-state index in [-0.39, 0.29) is 38.1 Å². The molecule has 1 N–H and O–H groups in total. The van der Waals surface area contributed by atoms with Crippen molar-refractivity contribution in [3.8, 4) is 0 Å². The van der Waals surface area contributed by atoms with Crippen molar-refractivity contribution in [2.45, 2.75) is 57.3 Å². The highest BCUT2D eigenvalue weighted by atomic mass is 16.6. The second-order valence-electron chi connectivity index (χ2n) is 10.3. The molecule has 1 spiro atoms. The number of ether oxygens (including phenoxy) is 2. The summed E-state index contributed by atoms with van der Waals surface area (Å²) in [6, 6.07) is 6.79. The standard InChI is InChI=1S/C30H41N3O6/c1-5-9-10-20-38-29(37)24-23-15-16-30(39-23)25(24)27(35)33(18-19-34)26(30)28(36)32(17-6-2)22-13-11-21(12-14-22)31(7-3)8-4/h5-6,11-14,23-26,34H,1-2,7-10,15-20H2,3-4H3/t23-,24+,25-,26?,30?/m0/s1. The van der Waals surface area contributed by atoms with E-state index in [9.17, 15) is 19.5 Å². The first-order valence-electron chi connectivity index (χ1n) is 14.0. The molecule has 3 saturated heterocycles. The van der Waals surface area contributed by atoms with Crippen LogP contribution in [0.4, 0.5) is 11.4 Å². The first-order valence-corrected chi connectivity index (χ1v) is 14.0. The first-order chi connectivity index (χ1) is 18.9. The van der Waals surface area contributed by atoms with Gasteiger partial charge in [0.15, 0.2) is 0 Å². The summed E-state index contributed by atoms with van der Waals surface area (Å²) >= 11 is 0. The number of β-amino-alcohol motifs (C(OH)–C–C–N with tert-alkyl or cyclic N) is 1. The highest BCUT2D eigenvalue weighted by Crippen LogP contribution is 2.58. The van der Waals surface area contributed by atoms with Gasteiger partial charge in [-0.1, -0.05) is 12.2 Å². The zero-order valence-electron chi connectivity index (χ0n) is 23.1. The van der Waals surface area contributed by atoms with Crippen LogP contribution >= 0.6 is 0 Å². The Morgan fingerprint density at radius 2 is 1.87 bits per heavy atom. The molecule has 3 heterocycles. The molecule has 0 radical (unpaired) electrons. The van der Waals surface area contributed by atoms with E-state index in [1.807, 2.05) is 24.3 Å². The maximum absolute atomic E-state index is 14.3. The van der Waals surface area contributed by atoms with Crippen molar-refractivity contribution >= 4 is 29.2 Å². The van der Waals surface area contributed by atoms with Crippen LogP contribution in [0.5, 0.6) is 0 Å². The van der Waals surface area contributed by atoms with Crippen LogP contribution in [0.1, 0.15) is 39.5 Å². The van der Waals surface area contributed by atoms with Crippen molar-refractivity contribution in [1.82, 2.24) is 4.90 Å². The molecule has 0 aromatic heterocycles. The van der Waals surface area contributed by atoms with Gasteiger partial charge >= 0.3 is 5.97 Å². The van der Waals surface area contributed by atoms with Crippen LogP contribution in [0.2, 0.25) is 0 Å². The van der Waals surface area contributed by atoms with E-state index >= 15 is 0 Å². The van der Waals surface area contributed by atoms with Crippen LogP contribution in [-0.4, -0.2) is 84.9 Å². The molecule has 2 amide bonds. The molecule has 0 saturated carbocycles. The van der Waals surface area contributed by atoms with E-state index in [0.29, 0.717) is 24.9 Å². The number of carbonyl (C=O) groups excluding carboxylic acids is 3. The van der Waals surface area contributed by atoms with Crippen molar-refractivity contribution in [2.75, 3.05) is 49.2 Å². The fraction of sp³-hybridized carbons (Fsp3) is 0.567. The molecule has 4 rings (SSSR count). The van der Waals surface area contributed by atoms with Gasteiger partial charge in [-0.25, -0.2) is 0 Å². The third-order valence-electron chi connectivity index (χ3n) is 8.31. The topological polar surface area (TPSA) is 99.6 Å². The monoisotopic (exact) mass is 539 g/mol. The molecule has 1 aromatic rings. The van der Waals surface area contributed by atoms with Crippen molar-refractivity contribution in [3.63, 3.8) is 0 Å². The first kappa shape index (κ1) is 28.8. The summed E-state index contributed by atoms with van der Waals surface area (Å²) in [6.45, 7) is 13.6. The third kappa shape index (κ3) is 5.10. The minimum Gasteiger partial charge on any atom is -0.465 e. The van der Waals surface area contributed by atoms with Gasteiger partial charge in [-0.15, -0.1) is 13.2 Å². The maximum Gasteiger partial charge on any atom is 0.312 e. The third-order valence-corrected chi connectivity index (χ3v) is 8.31. The Hall–Kier alpha value is -3.17. The molecule has 9 heteroatoms. The quantitative estimate of drug-likeness (QED) is 0.220. The summed E-state index contributed by atoms with van der Waals surface area (Å²) in [5.41, 5.74) is 0.593. The Morgan fingerprint density at radius 3 is 2.49 bits per heavy atom. The van der Waals surface area contributed by atoms with Gasteiger partial charge in [-0.3, -0.25) is 14.4 Å². The fourth-order valence-electron chi connectivity index (χ4n) is 6.58. The predicted octanol–water partition coefficient (Wildman–Crippen LogP) is 2.93. The minimum absolute atomic E-state index is 0.0224. The number of amides is 2. The average molecular weight is 540 g/mol. The molecule has 3 aliphatic rings. The summed E-state index contributed by atoms with van der Waals surface area (Å²) in [5, 5.41) is 9.82. The SMILES string of the molecule is C=CCCCOC(=O)[C@@H]1[C@@H]2CCC3(O2)C(C(=O)N(CC=C)c2ccc(N(CC)CC)cc2)N(CCO)C(=O)[C@H]13. The summed E-state index contributed by atoms with van der Waals surface area (Å²) in [7, 11) is 0. The van der Waals surface area contributed by atoms with Gasteiger partial charge in [-0.05, 0) is 63.8 Å². The molecule has 0 aliphatic carbocycles. The molecular weight excluding hydrogens is 498 g/mol. The number of hydrogen-bond acceptors (Lipinski definition) is 7. The van der Waals surface area contributed by atoms with Crippen LogP contribution in [0.3, 0.4) is 0 Å². The number of nitrogens with zero attached hydrogens (tertiary/aromatic N) is 3. The number of allylic oxidation sites excluding steroid dienone is 1. The zero-order chi connectivity index (χ0) is 28.2. The van der Waals surface area contributed by atoms with Crippen molar-refractivity contribution < 1.29 is 29.0 Å². The smallest absolute Gasteiger partial charge is 0.312 e. The van der Waals surface area contributed by atoms with Gasteiger partial charge in [0.2, 0.25) is 5.91 Å². The zero-order valence-corrected chi connectivity index (χ0v) is 23.1. The molecule has 3 fully saturated rings. The molecule has 212 valence electrons. The minimum atomic E-state index is -1.14. The van der Waals surface area contributed by atoms with E-state index in [1.165, 1.54) is 4.90 Å². The Balaban J connectivity index is 1.65. The maximum atomic E-state index is 14.3. The molecule has 2 bridgehead atoms. The lowest BCUT2D eigenvalue weighted by molar-refractivity contribution is -0.155. The molecule has 5 atom stereocenters. The summed E-state index contributed by atoms with van der Waals surface area (Å²) in [5.74, 6) is -2.70. The number of aliphatic hydroxyl groups is 1. The van der Waals surface area contributed by atoms with Gasteiger partial charge in [0.25, 0.3) is 5.91 Å². The Kier molecular flexibility index (Phi) is 9.12. The average Bonchev–Trinajstić information content (AvgIpc) is 3.58. The van der Waals surface area contributed by atoms with Crippen molar-refractivity contribution in [2.24, 2.45) is 11.8 Å². The van der Waals surface area contributed by atoms with Gasteiger partial charge in [0, 0.05) is 37.6 Å². The number of fused-ring (bicyclic) bond motifs is 1. The van der Waals surface area contributed by atoms with E-state index in [0.717, 1.165) is 25.2 Å². The lowest BCUT2D eigenvalue weighted by Gasteiger charge is -2.36. The number of esters is 1. The Labute approximate surface area is 231 Å². The highest BCUT2D eigenvalue weighted by Gasteiger charge is 2.75. The summed E-state index contributed by atoms with van der Waals surface area (Å²) < 4.78 is 12.0. The number of rotatable bonds is 14. The number of anilines is 2. The Morgan fingerprint density at radius 1 is 1.18 bits per heavy atom. The van der Waals surface area contributed by atoms with Gasteiger partial charge < -0.3 is 29.3 Å². The second kappa shape index (κ2) is 12.3.